The van der Waals surface area contributed by atoms with Crippen LogP contribution in [0, 0.1) is 6.92 Å². The van der Waals surface area contributed by atoms with Crippen molar-refractivity contribution in [1.82, 2.24) is 9.78 Å². The molecule has 0 fully saturated rings. The summed E-state index contributed by atoms with van der Waals surface area (Å²) in [5.74, 6) is 0.889. The van der Waals surface area contributed by atoms with Crippen molar-refractivity contribution in [3.63, 3.8) is 0 Å². The number of aryl methyl sites for hydroxylation is 1. The van der Waals surface area contributed by atoms with E-state index >= 15 is 0 Å². The minimum atomic E-state index is 0.624. The highest BCUT2D eigenvalue weighted by Crippen LogP contribution is 2.12. The largest absolute Gasteiger partial charge is 0.492 e. The highest BCUT2D eigenvalue weighted by atomic mass is 16.5. The summed E-state index contributed by atoms with van der Waals surface area (Å²) < 4.78 is 7.61. The Labute approximate surface area is 107 Å². The van der Waals surface area contributed by atoms with Crippen LogP contribution >= 0.6 is 0 Å². The van der Waals surface area contributed by atoms with E-state index in [0.717, 1.165) is 24.4 Å². The van der Waals surface area contributed by atoms with Gasteiger partial charge < -0.3 is 10.5 Å². The maximum Gasteiger partial charge on any atom is 0.119 e. The van der Waals surface area contributed by atoms with Crippen molar-refractivity contribution in [2.24, 2.45) is 5.73 Å². The third-order valence-electron chi connectivity index (χ3n) is 2.86. The van der Waals surface area contributed by atoms with Crippen molar-refractivity contribution in [2.45, 2.75) is 19.9 Å². The quantitative estimate of drug-likeness (QED) is 0.844. The first-order valence-corrected chi connectivity index (χ1v) is 6.20. The van der Waals surface area contributed by atoms with Crippen molar-refractivity contribution < 1.29 is 4.74 Å². The fourth-order valence-electron chi connectivity index (χ4n) is 1.80. The fourth-order valence-corrected chi connectivity index (χ4v) is 1.80. The van der Waals surface area contributed by atoms with Gasteiger partial charge in [0.1, 0.15) is 12.4 Å². The number of nitrogens with two attached hydrogens (primary N) is 1. The van der Waals surface area contributed by atoms with Crippen LogP contribution in [0.3, 0.4) is 0 Å². The number of aromatic nitrogens is 2. The second kappa shape index (κ2) is 6.21. The molecule has 18 heavy (non-hydrogen) atoms. The molecule has 4 nitrogen and oxygen atoms in total. The van der Waals surface area contributed by atoms with Crippen LogP contribution in [-0.2, 0) is 13.0 Å². The van der Waals surface area contributed by atoms with E-state index in [0.29, 0.717) is 13.2 Å². The van der Waals surface area contributed by atoms with Gasteiger partial charge >= 0.3 is 0 Å². The zero-order valence-corrected chi connectivity index (χ0v) is 10.7. The monoisotopic (exact) mass is 245 g/mol. The normalized spacial score (nSPS) is 10.6. The van der Waals surface area contributed by atoms with Crippen LogP contribution in [-0.4, -0.2) is 22.9 Å². The summed E-state index contributed by atoms with van der Waals surface area (Å²) in [5.41, 5.74) is 7.90. The molecular formula is C14H19N3O. The van der Waals surface area contributed by atoms with E-state index in [-0.39, 0.29) is 0 Å². The number of ether oxygens (including phenoxy) is 1. The fraction of sp³-hybridized carbons (Fsp3) is 0.357. The van der Waals surface area contributed by atoms with Crippen LogP contribution < -0.4 is 10.5 Å². The minimum Gasteiger partial charge on any atom is -0.492 e. The Morgan fingerprint density at radius 3 is 2.61 bits per heavy atom. The molecule has 0 aliphatic rings. The van der Waals surface area contributed by atoms with Crippen LogP contribution in [0.25, 0.3) is 0 Å². The van der Waals surface area contributed by atoms with Crippen molar-refractivity contribution in [3.8, 4) is 5.75 Å². The lowest BCUT2D eigenvalue weighted by atomic mass is 10.1. The molecule has 0 unspecified atom stereocenters. The molecule has 1 heterocycles. The molecule has 0 spiro atoms. The molecular weight excluding hydrogens is 226 g/mol. The van der Waals surface area contributed by atoms with Crippen LogP contribution in [0.15, 0.2) is 36.5 Å². The highest BCUT2D eigenvalue weighted by Gasteiger charge is 1.98. The van der Waals surface area contributed by atoms with Gasteiger partial charge in [-0.3, -0.25) is 4.68 Å². The molecule has 0 bridgehead atoms. The van der Waals surface area contributed by atoms with E-state index in [4.69, 9.17) is 10.5 Å². The lowest BCUT2D eigenvalue weighted by molar-refractivity contribution is 0.290. The van der Waals surface area contributed by atoms with Gasteiger partial charge in [-0.25, -0.2) is 0 Å². The van der Waals surface area contributed by atoms with Gasteiger partial charge in [-0.1, -0.05) is 12.1 Å². The summed E-state index contributed by atoms with van der Waals surface area (Å²) in [6, 6.07) is 10.1. The van der Waals surface area contributed by atoms with Gasteiger partial charge in [-0.2, -0.15) is 5.10 Å². The Morgan fingerprint density at radius 2 is 2.00 bits per heavy atom. The third kappa shape index (κ3) is 3.34. The number of hydrogen-bond donors (Lipinski definition) is 1. The van der Waals surface area contributed by atoms with Gasteiger partial charge in [0, 0.05) is 11.9 Å². The van der Waals surface area contributed by atoms with Crippen molar-refractivity contribution in [1.29, 1.82) is 0 Å². The molecule has 0 aliphatic heterocycles. The van der Waals surface area contributed by atoms with Gasteiger partial charge in [0.25, 0.3) is 0 Å². The number of rotatable bonds is 6. The second-order valence-electron chi connectivity index (χ2n) is 4.23. The van der Waals surface area contributed by atoms with E-state index in [1.807, 2.05) is 29.8 Å². The summed E-state index contributed by atoms with van der Waals surface area (Å²) in [6.07, 6.45) is 2.71. The summed E-state index contributed by atoms with van der Waals surface area (Å²) in [4.78, 5) is 0. The van der Waals surface area contributed by atoms with E-state index in [2.05, 4.69) is 17.2 Å². The zero-order valence-electron chi connectivity index (χ0n) is 10.7. The first kappa shape index (κ1) is 12.6. The molecule has 0 atom stereocenters. The van der Waals surface area contributed by atoms with Crippen LogP contribution in [0.5, 0.6) is 5.75 Å². The summed E-state index contributed by atoms with van der Waals surface area (Å²) >= 11 is 0. The lowest BCUT2D eigenvalue weighted by Gasteiger charge is -2.08. The maximum absolute atomic E-state index is 5.68. The first-order chi connectivity index (χ1) is 8.79. The Hall–Kier alpha value is -1.81. The third-order valence-corrected chi connectivity index (χ3v) is 2.86. The van der Waals surface area contributed by atoms with E-state index in [1.165, 1.54) is 5.56 Å². The summed E-state index contributed by atoms with van der Waals surface area (Å²) in [5, 5.41) is 4.21. The van der Waals surface area contributed by atoms with Crippen molar-refractivity contribution in [3.05, 3.63) is 47.8 Å². The molecule has 0 amide bonds. The van der Waals surface area contributed by atoms with E-state index < -0.39 is 0 Å². The molecule has 0 aliphatic carbocycles. The molecule has 2 aromatic rings. The molecule has 2 N–H and O–H groups in total. The Bertz CT molecular complexity index is 476. The molecule has 1 aromatic carbocycles. The predicted octanol–water partition coefficient (Wildman–Crippen LogP) is 1.77. The number of hydrogen-bond acceptors (Lipinski definition) is 3. The molecule has 0 radical (unpaired) electrons. The molecule has 96 valence electrons. The highest BCUT2D eigenvalue weighted by molar-refractivity contribution is 5.27. The molecule has 2 rings (SSSR count). The summed E-state index contributed by atoms with van der Waals surface area (Å²) in [6.45, 7) is 4.11. The van der Waals surface area contributed by atoms with Crippen molar-refractivity contribution in [2.75, 3.05) is 13.2 Å². The molecule has 1 aromatic heterocycles. The van der Waals surface area contributed by atoms with Gasteiger partial charge in [0.15, 0.2) is 0 Å². The van der Waals surface area contributed by atoms with Crippen LogP contribution in [0.4, 0.5) is 0 Å². The van der Waals surface area contributed by atoms with Crippen LogP contribution in [0.2, 0.25) is 0 Å². The first-order valence-electron chi connectivity index (χ1n) is 6.20. The maximum atomic E-state index is 5.68. The number of benzene rings is 1. The number of nitrogens with zero attached hydrogens (tertiary/aromatic N) is 2. The lowest BCUT2D eigenvalue weighted by Crippen LogP contribution is -2.10. The smallest absolute Gasteiger partial charge is 0.119 e. The van der Waals surface area contributed by atoms with Gasteiger partial charge in [0.05, 0.1) is 6.54 Å². The molecule has 0 saturated carbocycles. The average molecular weight is 245 g/mol. The Kier molecular flexibility index (Phi) is 4.36. The van der Waals surface area contributed by atoms with Gasteiger partial charge in [-0.15, -0.1) is 0 Å². The predicted molar refractivity (Wildman–Crippen MR) is 71.7 cm³/mol. The average Bonchev–Trinajstić information content (AvgIpc) is 2.78. The SMILES string of the molecule is Cc1ccnn1CCOc1ccc(CCN)cc1. The topological polar surface area (TPSA) is 53.1 Å². The zero-order chi connectivity index (χ0) is 12.8. The Balaban J connectivity index is 1.81. The van der Waals surface area contributed by atoms with E-state index in [1.54, 1.807) is 6.20 Å². The minimum absolute atomic E-state index is 0.624. The van der Waals surface area contributed by atoms with E-state index in [9.17, 15) is 0 Å². The molecule has 0 saturated heterocycles. The molecule has 4 heteroatoms. The van der Waals surface area contributed by atoms with Crippen LogP contribution in [0.1, 0.15) is 11.3 Å². The standard InChI is InChI=1S/C14H19N3O/c1-12-7-9-16-17(12)10-11-18-14-4-2-13(3-5-14)6-8-15/h2-5,7,9H,6,8,10-11,15H2,1H3. The van der Waals surface area contributed by atoms with Gasteiger partial charge in [-0.05, 0) is 43.7 Å². The Morgan fingerprint density at radius 1 is 1.22 bits per heavy atom. The second-order valence-corrected chi connectivity index (χ2v) is 4.23. The summed E-state index contributed by atoms with van der Waals surface area (Å²) in [7, 11) is 0. The van der Waals surface area contributed by atoms with Crippen molar-refractivity contribution >= 4 is 0 Å². The van der Waals surface area contributed by atoms with Gasteiger partial charge in [0.2, 0.25) is 0 Å².